The Morgan fingerprint density at radius 1 is 1.50 bits per heavy atom. The Kier molecular flexibility index (Phi) is 2.93. The first-order valence-electron chi connectivity index (χ1n) is 4.64. The molecule has 0 aromatic rings. The average molecular weight is 197 g/mol. The standard InChI is InChI=1S/C10H15NO3/c1-3-4-8(12)11-6-5-10(2,7-11)9(13)14/h3-4H,5-7H2,1-2H3,(H,13,14). The molecule has 78 valence electrons. The smallest absolute Gasteiger partial charge is 0.311 e. The van der Waals surface area contributed by atoms with Crippen molar-refractivity contribution in [3.63, 3.8) is 0 Å². The van der Waals surface area contributed by atoms with Crippen molar-refractivity contribution in [1.29, 1.82) is 0 Å². The summed E-state index contributed by atoms with van der Waals surface area (Å²) in [6, 6.07) is 0. The topological polar surface area (TPSA) is 57.6 Å². The maximum atomic E-state index is 11.4. The van der Waals surface area contributed by atoms with Crippen LogP contribution < -0.4 is 0 Å². The summed E-state index contributed by atoms with van der Waals surface area (Å²) in [5.74, 6) is -0.925. The van der Waals surface area contributed by atoms with E-state index in [1.165, 1.54) is 6.08 Å². The van der Waals surface area contributed by atoms with Gasteiger partial charge in [-0.3, -0.25) is 9.59 Å². The van der Waals surface area contributed by atoms with Gasteiger partial charge in [0.25, 0.3) is 0 Å². The van der Waals surface area contributed by atoms with E-state index in [1.807, 2.05) is 0 Å². The third kappa shape index (κ3) is 1.95. The van der Waals surface area contributed by atoms with Crippen LogP contribution in [0.4, 0.5) is 0 Å². The number of aliphatic carboxylic acids is 1. The lowest BCUT2D eigenvalue weighted by atomic mass is 9.90. The summed E-state index contributed by atoms with van der Waals surface area (Å²) in [5, 5.41) is 8.95. The second kappa shape index (κ2) is 3.82. The van der Waals surface area contributed by atoms with E-state index >= 15 is 0 Å². The number of allylic oxidation sites excluding steroid dienone is 1. The molecule has 14 heavy (non-hydrogen) atoms. The molecule has 0 aliphatic carbocycles. The quantitative estimate of drug-likeness (QED) is 0.669. The number of carboxylic acids is 1. The van der Waals surface area contributed by atoms with Gasteiger partial charge in [0.15, 0.2) is 0 Å². The third-order valence-corrected chi connectivity index (χ3v) is 2.61. The molecule has 1 heterocycles. The fourth-order valence-corrected chi connectivity index (χ4v) is 1.57. The Morgan fingerprint density at radius 2 is 2.14 bits per heavy atom. The molecule has 4 nitrogen and oxygen atoms in total. The van der Waals surface area contributed by atoms with Crippen molar-refractivity contribution in [3.05, 3.63) is 12.2 Å². The van der Waals surface area contributed by atoms with E-state index in [-0.39, 0.29) is 5.91 Å². The van der Waals surface area contributed by atoms with Gasteiger partial charge < -0.3 is 10.0 Å². The Labute approximate surface area is 83.2 Å². The van der Waals surface area contributed by atoms with Crippen LogP contribution in [0.1, 0.15) is 20.3 Å². The van der Waals surface area contributed by atoms with Crippen LogP contribution in [0.15, 0.2) is 12.2 Å². The Bertz CT molecular complexity index is 285. The van der Waals surface area contributed by atoms with Crippen LogP contribution in [0.5, 0.6) is 0 Å². The first-order valence-corrected chi connectivity index (χ1v) is 4.64. The van der Waals surface area contributed by atoms with E-state index in [0.717, 1.165) is 0 Å². The predicted molar refractivity (Wildman–Crippen MR) is 51.8 cm³/mol. The molecule has 1 fully saturated rings. The van der Waals surface area contributed by atoms with Crippen molar-refractivity contribution in [2.45, 2.75) is 20.3 Å². The van der Waals surface area contributed by atoms with Crippen LogP contribution >= 0.6 is 0 Å². The molecule has 1 unspecified atom stereocenters. The van der Waals surface area contributed by atoms with Gasteiger partial charge in [-0.15, -0.1) is 0 Å². The molecule has 1 aliphatic heterocycles. The number of likely N-dealkylation sites (tertiary alicyclic amines) is 1. The van der Waals surface area contributed by atoms with Gasteiger partial charge in [-0.25, -0.2) is 0 Å². The van der Waals surface area contributed by atoms with Crippen molar-refractivity contribution in [2.75, 3.05) is 13.1 Å². The summed E-state index contributed by atoms with van der Waals surface area (Å²) in [4.78, 5) is 23.9. The first kappa shape index (κ1) is 10.8. The van der Waals surface area contributed by atoms with Gasteiger partial charge in [0.2, 0.25) is 5.91 Å². The van der Waals surface area contributed by atoms with E-state index < -0.39 is 11.4 Å². The third-order valence-electron chi connectivity index (χ3n) is 2.61. The molecule has 0 spiro atoms. The highest BCUT2D eigenvalue weighted by molar-refractivity contribution is 5.88. The molecule has 1 rings (SSSR count). The Hall–Kier alpha value is -1.32. The fraction of sp³-hybridized carbons (Fsp3) is 0.600. The van der Waals surface area contributed by atoms with Gasteiger partial charge in [-0.2, -0.15) is 0 Å². The Morgan fingerprint density at radius 3 is 2.57 bits per heavy atom. The highest BCUT2D eigenvalue weighted by Crippen LogP contribution is 2.30. The van der Waals surface area contributed by atoms with Crippen LogP contribution in [0.3, 0.4) is 0 Å². The van der Waals surface area contributed by atoms with Crippen LogP contribution in [-0.4, -0.2) is 35.0 Å². The van der Waals surface area contributed by atoms with Crippen LogP contribution in [0.25, 0.3) is 0 Å². The summed E-state index contributed by atoms with van der Waals surface area (Å²) in [6.07, 6.45) is 3.66. The summed E-state index contributed by atoms with van der Waals surface area (Å²) in [7, 11) is 0. The van der Waals surface area contributed by atoms with Crippen molar-refractivity contribution in [2.24, 2.45) is 5.41 Å². The lowest BCUT2D eigenvalue weighted by Crippen LogP contribution is -2.34. The van der Waals surface area contributed by atoms with Gasteiger partial charge in [0.05, 0.1) is 5.41 Å². The molecule has 4 heteroatoms. The van der Waals surface area contributed by atoms with Crippen molar-refractivity contribution >= 4 is 11.9 Å². The Balaban J connectivity index is 2.65. The predicted octanol–water partition coefficient (Wildman–Crippen LogP) is 0.886. The fourth-order valence-electron chi connectivity index (χ4n) is 1.57. The number of carbonyl (C=O) groups is 2. The molecule has 0 bridgehead atoms. The second-order valence-corrected chi connectivity index (χ2v) is 3.88. The van der Waals surface area contributed by atoms with E-state index in [4.69, 9.17) is 5.11 Å². The van der Waals surface area contributed by atoms with Crippen molar-refractivity contribution in [1.82, 2.24) is 4.90 Å². The lowest BCUT2D eigenvalue weighted by molar-refractivity contribution is -0.147. The normalized spacial score (nSPS) is 27.1. The van der Waals surface area contributed by atoms with Gasteiger partial charge in [0.1, 0.15) is 0 Å². The molecule has 1 saturated heterocycles. The highest BCUT2D eigenvalue weighted by Gasteiger charge is 2.41. The minimum atomic E-state index is -0.826. The number of amides is 1. The molecule has 0 saturated carbocycles. The number of hydrogen-bond acceptors (Lipinski definition) is 2. The van der Waals surface area contributed by atoms with E-state index in [1.54, 1.807) is 24.8 Å². The molecular formula is C10H15NO3. The first-order chi connectivity index (χ1) is 6.49. The number of rotatable bonds is 2. The van der Waals surface area contributed by atoms with Gasteiger partial charge in [-0.1, -0.05) is 6.08 Å². The van der Waals surface area contributed by atoms with Crippen LogP contribution in [-0.2, 0) is 9.59 Å². The van der Waals surface area contributed by atoms with Crippen molar-refractivity contribution in [3.8, 4) is 0 Å². The second-order valence-electron chi connectivity index (χ2n) is 3.88. The van der Waals surface area contributed by atoms with E-state index in [2.05, 4.69) is 0 Å². The minimum absolute atomic E-state index is 0.0996. The number of nitrogens with zero attached hydrogens (tertiary/aromatic N) is 1. The number of hydrogen-bond donors (Lipinski definition) is 1. The zero-order valence-electron chi connectivity index (χ0n) is 8.49. The molecule has 0 aromatic heterocycles. The monoisotopic (exact) mass is 197 g/mol. The van der Waals surface area contributed by atoms with Gasteiger partial charge in [-0.05, 0) is 26.3 Å². The molecule has 1 N–H and O–H groups in total. The minimum Gasteiger partial charge on any atom is -0.481 e. The number of carboxylic acid groups (broad SMARTS) is 1. The largest absolute Gasteiger partial charge is 0.481 e. The summed E-state index contributed by atoms with van der Waals surface area (Å²) in [5.41, 5.74) is -0.767. The number of carbonyl (C=O) groups excluding carboxylic acids is 1. The molecule has 0 aromatic carbocycles. The van der Waals surface area contributed by atoms with Crippen LogP contribution in [0.2, 0.25) is 0 Å². The molecule has 0 radical (unpaired) electrons. The zero-order chi connectivity index (χ0) is 10.8. The summed E-state index contributed by atoms with van der Waals surface area (Å²) in [6.45, 7) is 4.29. The average Bonchev–Trinajstić information content (AvgIpc) is 2.50. The summed E-state index contributed by atoms with van der Waals surface area (Å²) >= 11 is 0. The molecule has 1 aliphatic rings. The SMILES string of the molecule is CC=CC(=O)N1CCC(C)(C(=O)O)C1. The lowest BCUT2D eigenvalue weighted by Gasteiger charge is -2.18. The van der Waals surface area contributed by atoms with E-state index in [9.17, 15) is 9.59 Å². The maximum Gasteiger partial charge on any atom is 0.311 e. The highest BCUT2D eigenvalue weighted by atomic mass is 16.4. The zero-order valence-corrected chi connectivity index (χ0v) is 8.49. The molecule has 1 atom stereocenters. The maximum absolute atomic E-state index is 11.4. The van der Waals surface area contributed by atoms with Crippen LogP contribution in [0, 0.1) is 5.41 Å². The van der Waals surface area contributed by atoms with E-state index in [0.29, 0.717) is 19.5 Å². The molecular weight excluding hydrogens is 182 g/mol. The van der Waals surface area contributed by atoms with Gasteiger partial charge in [0, 0.05) is 13.1 Å². The van der Waals surface area contributed by atoms with Gasteiger partial charge >= 0.3 is 5.97 Å². The summed E-state index contributed by atoms with van der Waals surface area (Å²) < 4.78 is 0. The van der Waals surface area contributed by atoms with Crippen molar-refractivity contribution < 1.29 is 14.7 Å². The molecule has 1 amide bonds.